The van der Waals surface area contributed by atoms with Gasteiger partial charge in [-0.25, -0.2) is 4.98 Å². The smallest absolute Gasteiger partial charge is 0.165 e. The van der Waals surface area contributed by atoms with Gasteiger partial charge in [0, 0.05) is 28.4 Å². The lowest BCUT2D eigenvalue weighted by Crippen LogP contribution is -2.09. The standard InChI is InChI=1S/C22H21ClN4/c1-15-19(13-14-23)21(25-18-11-7-4-8-12-18)27-22(24-15)20(16(2)26-27)17-9-5-3-6-10-17/h3-12,25H,13-14H2,1-2H3. The van der Waals surface area contributed by atoms with E-state index in [0.717, 1.165) is 51.7 Å². The Kier molecular flexibility index (Phi) is 4.82. The van der Waals surface area contributed by atoms with Gasteiger partial charge in [-0.3, -0.25) is 0 Å². The summed E-state index contributed by atoms with van der Waals surface area (Å²) in [6.45, 7) is 4.06. The van der Waals surface area contributed by atoms with Crippen LogP contribution in [0.15, 0.2) is 60.7 Å². The Balaban J connectivity index is 1.97. The molecule has 0 aliphatic rings. The highest BCUT2D eigenvalue weighted by atomic mass is 35.5. The molecule has 5 heteroatoms. The summed E-state index contributed by atoms with van der Waals surface area (Å²) in [5, 5.41) is 8.35. The molecule has 27 heavy (non-hydrogen) atoms. The summed E-state index contributed by atoms with van der Waals surface area (Å²) in [4.78, 5) is 4.90. The van der Waals surface area contributed by atoms with Gasteiger partial charge in [-0.1, -0.05) is 48.5 Å². The van der Waals surface area contributed by atoms with Gasteiger partial charge in [0.1, 0.15) is 5.82 Å². The Labute approximate surface area is 163 Å². The first-order chi connectivity index (χ1) is 13.2. The molecule has 4 rings (SSSR count). The summed E-state index contributed by atoms with van der Waals surface area (Å²) in [5.41, 5.74) is 7.05. The van der Waals surface area contributed by atoms with E-state index in [4.69, 9.17) is 21.7 Å². The van der Waals surface area contributed by atoms with Crippen molar-refractivity contribution in [2.45, 2.75) is 20.3 Å². The van der Waals surface area contributed by atoms with E-state index in [1.165, 1.54) is 0 Å². The lowest BCUT2D eigenvalue weighted by molar-refractivity contribution is 0.891. The second kappa shape index (κ2) is 7.41. The molecule has 2 aromatic heterocycles. The lowest BCUT2D eigenvalue weighted by atomic mass is 10.1. The molecule has 0 aliphatic heterocycles. The normalized spacial score (nSPS) is 11.1. The van der Waals surface area contributed by atoms with E-state index >= 15 is 0 Å². The Morgan fingerprint density at radius 1 is 0.926 bits per heavy atom. The molecule has 0 spiro atoms. The zero-order valence-electron chi connectivity index (χ0n) is 15.4. The Hall–Kier alpha value is -2.85. The van der Waals surface area contributed by atoms with Crippen molar-refractivity contribution in [2.75, 3.05) is 11.2 Å². The van der Waals surface area contributed by atoms with Crippen LogP contribution in [0.5, 0.6) is 0 Å². The molecule has 0 fully saturated rings. The molecule has 2 aromatic carbocycles. The molecular formula is C22H21ClN4. The van der Waals surface area contributed by atoms with Crippen LogP contribution in [0, 0.1) is 13.8 Å². The molecule has 0 saturated heterocycles. The first kappa shape index (κ1) is 17.6. The molecule has 0 radical (unpaired) electrons. The second-order valence-corrected chi connectivity index (χ2v) is 6.89. The van der Waals surface area contributed by atoms with Crippen molar-refractivity contribution >= 4 is 28.8 Å². The highest BCUT2D eigenvalue weighted by Crippen LogP contribution is 2.32. The van der Waals surface area contributed by atoms with E-state index in [2.05, 4.69) is 17.4 Å². The largest absolute Gasteiger partial charge is 0.340 e. The number of alkyl halides is 1. The molecule has 1 N–H and O–H groups in total. The van der Waals surface area contributed by atoms with Gasteiger partial charge in [0.2, 0.25) is 0 Å². The zero-order valence-corrected chi connectivity index (χ0v) is 16.2. The van der Waals surface area contributed by atoms with Crippen molar-refractivity contribution in [1.29, 1.82) is 0 Å². The number of nitrogens with zero attached hydrogens (tertiary/aromatic N) is 3. The third kappa shape index (κ3) is 3.28. The van der Waals surface area contributed by atoms with Gasteiger partial charge in [0.25, 0.3) is 0 Å². The van der Waals surface area contributed by atoms with E-state index in [1.807, 2.05) is 66.9 Å². The first-order valence-corrected chi connectivity index (χ1v) is 9.54. The highest BCUT2D eigenvalue weighted by Gasteiger charge is 2.19. The number of anilines is 2. The number of hydrogen-bond acceptors (Lipinski definition) is 3. The number of aryl methyl sites for hydroxylation is 2. The van der Waals surface area contributed by atoms with Gasteiger partial charge in [-0.05, 0) is 38.0 Å². The first-order valence-electron chi connectivity index (χ1n) is 9.01. The van der Waals surface area contributed by atoms with Gasteiger partial charge in [0.05, 0.1) is 5.69 Å². The van der Waals surface area contributed by atoms with Crippen LogP contribution >= 0.6 is 11.6 Å². The average Bonchev–Trinajstić information content (AvgIpc) is 3.01. The third-order valence-corrected chi connectivity index (χ3v) is 4.88. The van der Waals surface area contributed by atoms with Gasteiger partial charge in [-0.15, -0.1) is 11.6 Å². The molecule has 136 valence electrons. The van der Waals surface area contributed by atoms with Crippen molar-refractivity contribution in [2.24, 2.45) is 0 Å². The number of para-hydroxylation sites is 1. The number of rotatable bonds is 5. The van der Waals surface area contributed by atoms with Crippen molar-refractivity contribution in [3.63, 3.8) is 0 Å². The number of nitrogens with one attached hydrogen (secondary N) is 1. The van der Waals surface area contributed by atoms with Gasteiger partial charge >= 0.3 is 0 Å². The molecule has 0 amide bonds. The minimum absolute atomic E-state index is 0.531. The van der Waals surface area contributed by atoms with E-state index in [-0.39, 0.29) is 0 Å². The van der Waals surface area contributed by atoms with Crippen LogP contribution in [0.4, 0.5) is 11.5 Å². The van der Waals surface area contributed by atoms with Crippen LogP contribution < -0.4 is 5.32 Å². The quantitative estimate of drug-likeness (QED) is 0.465. The predicted molar refractivity (Wildman–Crippen MR) is 112 cm³/mol. The van der Waals surface area contributed by atoms with E-state index in [1.54, 1.807) is 0 Å². The Bertz CT molecular complexity index is 1070. The molecule has 2 heterocycles. The summed E-state index contributed by atoms with van der Waals surface area (Å²) < 4.78 is 1.92. The van der Waals surface area contributed by atoms with Gasteiger partial charge in [-0.2, -0.15) is 9.61 Å². The number of fused-ring (bicyclic) bond motifs is 1. The molecule has 4 nitrogen and oxygen atoms in total. The predicted octanol–water partition coefficient (Wildman–Crippen LogP) is 5.54. The number of benzene rings is 2. The summed E-state index contributed by atoms with van der Waals surface area (Å²) in [7, 11) is 0. The second-order valence-electron chi connectivity index (χ2n) is 6.52. The van der Waals surface area contributed by atoms with Gasteiger partial charge in [0.15, 0.2) is 5.65 Å². The maximum Gasteiger partial charge on any atom is 0.165 e. The fraction of sp³-hybridized carbons (Fsp3) is 0.182. The van der Waals surface area contributed by atoms with Gasteiger partial charge < -0.3 is 5.32 Å². The van der Waals surface area contributed by atoms with Crippen LogP contribution in [-0.2, 0) is 6.42 Å². The fourth-order valence-electron chi connectivity index (χ4n) is 3.42. The van der Waals surface area contributed by atoms with Crippen molar-refractivity contribution < 1.29 is 0 Å². The maximum atomic E-state index is 6.08. The number of hydrogen-bond donors (Lipinski definition) is 1. The van der Waals surface area contributed by atoms with Crippen molar-refractivity contribution in [3.8, 4) is 11.1 Å². The van der Waals surface area contributed by atoms with Crippen LogP contribution in [0.2, 0.25) is 0 Å². The maximum absolute atomic E-state index is 6.08. The molecule has 0 saturated carbocycles. The monoisotopic (exact) mass is 376 g/mol. The number of aromatic nitrogens is 3. The Morgan fingerprint density at radius 3 is 2.26 bits per heavy atom. The lowest BCUT2D eigenvalue weighted by Gasteiger charge is -2.15. The zero-order chi connectivity index (χ0) is 18.8. The van der Waals surface area contributed by atoms with E-state index in [9.17, 15) is 0 Å². The molecular weight excluding hydrogens is 356 g/mol. The van der Waals surface area contributed by atoms with Crippen molar-refractivity contribution in [1.82, 2.24) is 14.6 Å². The fourth-order valence-corrected chi connectivity index (χ4v) is 3.61. The topological polar surface area (TPSA) is 42.2 Å². The Morgan fingerprint density at radius 2 is 1.59 bits per heavy atom. The summed E-state index contributed by atoms with van der Waals surface area (Å²) in [6.07, 6.45) is 0.727. The van der Waals surface area contributed by atoms with Crippen molar-refractivity contribution in [3.05, 3.63) is 77.6 Å². The number of halogens is 1. The molecule has 0 unspecified atom stereocenters. The summed E-state index contributed by atoms with van der Waals surface area (Å²) in [6, 6.07) is 20.4. The molecule has 0 atom stereocenters. The minimum Gasteiger partial charge on any atom is -0.340 e. The SMILES string of the molecule is Cc1nc2c(-c3ccccc3)c(C)nn2c(Nc2ccccc2)c1CCCl. The third-order valence-electron chi connectivity index (χ3n) is 4.69. The van der Waals surface area contributed by atoms with Crippen LogP contribution in [0.1, 0.15) is 17.0 Å². The molecule has 0 bridgehead atoms. The molecule has 4 aromatic rings. The summed E-state index contributed by atoms with van der Waals surface area (Å²) >= 11 is 6.08. The van der Waals surface area contributed by atoms with E-state index < -0.39 is 0 Å². The molecule has 0 aliphatic carbocycles. The van der Waals surface area contributed by atoms with Crippen LogP contribution in [0.25, 0.3) is 16.8 Å². The summed E-state index contributed by atoms with van der Waals surface area (Å²) in [5.74, 6) is 1.46. The highest BCUT2D eigenvalue weighted by molar-refractivity contribution is 6.18. The average molecular weight is 377 g/mol. The van der Waals surface area contributed by atoms with E-state index in [0.29, 0.717) is 5.88 Å². The van der Waals surface area contributed by atoms with Crippen LogP contribution in [0.3, 0.4) is 0 Å². The van der Waals surface area contributed by atoms with Crippen LogP contribution in [-0.4, -0.2) is 20.5 Å². The minimum atomic E-state index is 0.531.